The van der Waals surface area contributed by atoms with Crippen LogP contribution in [0.2, 0.25) is 0 Å². The number of nitrogen functional groups attached to an aromatic ring is 1. The fourth-order valence-corrected chi connectivity index (χ4v) is 1.60. The van der Waals surface area contributed by atoms with Crippen LogP contribution in [-0.2, 0) is 0 Å². The number of aromatic nitrogens is 1. The number of carbonyl (C=O) groups is 1. The molecular weight excluding hydrogens is 254 g/mol. The molecule has 96 valence electrons. The largest absolute Gasteiger partial charge is 0.384 e. The van der Waals surface area contributed by atoms with Crippen molar-refractivity contribution in [2.75, 3.05) is 11.1 Å². The molecule has 0 atom stereocenters. The Kier molecular flexibility index (Phi) is 3.60. The predicted octanol–water partition coefficient (Wildman–Crippen LogP) is 1.66. The van der Waals surface area contributed by atoms with E-state index in [2.05, 4.69) is 10.3 Å². The average Bonchev–Trinajstić information content (AvgIpc) is 2.47. The van der Waals surface area contributed by atoms with Crippen molar-refractivity contribution < 1.29 is 4.79 Å². The summed E-state index contributed by atoms with van der Waals surface area (Å²) in [7, 11) is 0. The zero-order chi connectivity index (χ0) is 14.5. The van der Waals surface area contributed by atoms with Crippen LogP contribution >= 0.6 is 0 Å². The zero-order valence-corrected chi connectivity index (χ0v) is 10.3. The second kappa shape index (κ2) is 5.51. The first kappa shape index (κ1) is 13.1. The van der Waals surface area contributed by atoms with E-state index in [9.17, 15) is 4.79 Å². The molecule has 0 aliphatic rings. The minimum Gasteiger partial charge on any atom is -0.384 e. The van der Waals surface area contributed by atoms with E-state index in [-0.39, 0.29) is 22.9 Å². The normalized spacial score (nSPS) is 9.30. The number of nitrogens with two attached hydrogens (primary N) is 1. The third-order valence-electron chi connectivity index (χ3n) is 2.56. The molecular formula is C14H9N5O. The number of amides is 1. The van der Waals surface area contributed by atoms with Crippen molar-refractivity contribution in [1.29, 1.82) is 10.5 Å². The van der Waals surface area contributed by atoms with E-state index in [1.54, 1.807) is 6.07 Å². The van der Waals surface area contributed by atoms with Crippen molar-refractivity contribution in [2.45, 2.75) is 0 Å². The van der Waals surface area contributed by atoms with E-state index >= 15 is 0 Å². The van der Waals surface area contributed by atoms with E-state index in [4.69, 9.17) is 16.3 Å². The average molecular weight is 263 g/mol. The number of pyridine rings is 1. The minimum absolute atomic E-state index is 0.208. The Balaban J connectivity index is 2.25. The van der Waals surface area contributed by atoms with Crippen LogP contribution in [0.25, 0.3) is 0 Å². The standard InChI is InChI=1S/C14H9N5O/c15-7-10-1-2-12(5-11(10)8-16)19-14(20)9-3-4-18-13(17)6-9/h1-6H,(H2,17,18)(H,19,20). The molecule has 0 fully saturated rings. The fourth-order valence-electron chi connectivity index (χ4n) is 1.60. The molecule has 1 aromatic heterocycles. The minimum atomic E-state index is -0.368. The van der Waals surface area contributed by atoms with Crippen LogP contribution < -0.4 is 11.1 Å². The Morgan fingerprint density at radius 2 is 1.90 bits per heavy atom. The van der Waals surface area contributed by atoms with Crippen molar-refractivity contribution in [1.82, 2.24) is 4.98 Å². The maximum Gasteiger partial charge on any atom is 0.255 e. The van der Waals surface area contributed by atoms with Crippen LogP contribution in [0.5, 0.6) is 0 Å². The molecule has 3 N–H and O–H groups in total. The van der Waals surface area contributed by atoms with Crippen molar-refractivity contribution in [2.24, 2.45) is 0 Å². The van der Waals surface area contributed by atoms with E-state index in [0.29, 0.717) is 11.3 Å². The Morgan fingerprint density at radius 1 is 1.15 bits per heavy atom. The van der Waals surface area contributed by atoms with Gasteiger partial charge in [-0.3, -0.25) is 4.79 Å². The maximum absolute atomic E-state index is 12.0. The lowest BCUT2D eigenvalue weighted by molar-refractivity contribution is 0.102. The summed E-state index contributed by atoms with van der Waals surface area (Å²) in [6.07, 6.45) is 1.43. The van der Waals surface area contributed by atoms with Gasteiger partial charge in [0, 0.05) is 17.4 Å². The van der Waals surface area contributed by atoms with Gasteiger partial charge >= 0.3 is 0 Å². The summed E-state index contributed by atoms with van der Waals surface area (Å²) in [4.78, 5) is 15.8. The monoisotopic (exact) mass is 263 g/mol. The lowest BCUT2D eigenvalue weighted by Gasteiger charge is -2.06. The van der Waals surface area contributed by atoms with Crippen molar-refractivity contribution >= 4 is 17.4 Å². The van der Waals surface area contributed by atoms with Gasteiger partial charge in [0.1, 0.15) is 18.0 Å². The van der Waals surface area contributed by atoms with E-state index in [0.717, 1.165) is 0 Å². The molecule has 0 bridgehead atoms. The predicted molar refractivity (Wildman–Crippen MR) is 72.5 cm³/mol. The maximum atomic E-state index is 12.0. The first-order chi connectivity index (χ1) is 9.63. The Hall–Kier alpha value is -3.38. The molecule has 2 aromatic rings. The Labute approximate surface area is 115 Å². The molecule has 6 heteroatoms. The number of hydrogen-bond acceptors (Lipinski definition) is 5. The quantitative estimate of drug-likeness (QED) is 0.854. The van der Waals surface area contributed by atoms with E-state index in [1.807, 2.05) is 12.1 Å². The van der Waals surface area contributed by atoms with Gasteiger partial charge in [0.25, 0.3) is 5.91 Å². The Bertz CT molecular complexity index is 755. The van der Waals surface area contributed by atoms with Gasteiger partial charge in [-0.25, -0.2) is 4.98 Å². The summed E-state index contributed by atoms with van der Waals surface area (Å²) in [6, 6.07) is 11.3. The molecule has 20 heavy (non-hydrogen) atoms. The summed E-state index contributed by atoms with van der Waals surface area (Å²) < 4.78 is 0. The highest BCUT2D eigenvalue weighted by Gasteiger charge is 2.08. The van der Waals surface area contributed by atoms with Crippen molar-refractivity contribution in [3.8, 4) is 12.1 Å². The molecule has 0 spiro atoms. The van der Waals surface area contributed by atoms with Gasteiger partial charge in [-0.15, -0.1) is 0 Å². The highest BCUT2D eigenvalue weighted by Crippen LogP contribution is 2.16. The van der Waals surface area contributed by atoms with Gasteiger partial charge in [-0.05, 0) is 30.3 Å². The van der Waals surface area contributed by atoms with Gasteiger partial charge < -0.3 is 11.1 Å². The summed E-state index contributed by atoms with van der Waals surface area (Å²) in [5.41, 5.74) is 6.77. The number of hydrogen-bond donors (Lipinski definition) is 2. The molecule has 2 rings (SSSR count). The lowest BCUT2D eigenvalue weighted by Crippen LogP contribution is -2.12. The highest BCUT2D eigenvalue weighted by molar-refractivity contribution is 6.04. The third kappa shape index (κ3) is 2.71. The number of nitrogens with zero attached hydrogens (tertiary/aromatic N) is 3. The molecule has 0 aliphatic carbocycles. The molecule has 6 nitrogen and oxygen atoms in total. The van der Waals surface area contributed by atoms with Gasteiger partial charge in [0.2, 0.25) is 0 Å². The molecule has 0 aliphatic heterocycles. The Morgan fingerprint density at radius 3 is 2.55 bits per heavy atom. The third-order valence-corrected chi connectivity index (χ3v) is 2.56. The number of rotatable bonds is 2. The second-order valence-corrected chi connectivity index (χ2v) is 3.91. The molecule has 0 saturated heterocycles. The molecule has 0 unspecified atom stereocenters. The van der Waals surface area contributed by atoms with Crippen LogP contribution in [-0.4, -0.2) is 10.9 Å². The number of nitrogens with one attached hydrogen (secondary N) is 1. The summed E-state index contributed by atoms with van der Waals surface area (Å²) in [5.74, 6) is -0.122. The first-order valence-electron chi connectivity index (χ1n) is 5.61. The molecule has 0 saturated carbocycles. The number of nitriles is 2. The first-order valence-corrected chi connectivity index (χ1v) is 5.61. The van der Waals surface area contributed by atoms with Crippen molar-refractivity contribution in [3.63, 3.8) is 0 Å². The van der Waals surface area contributed by atoms with E-state index < -0.39 is 0 Å². The summed E-state index contributed by atoms with van der Waals surface area (Å²) >= 11 is 0. The zero-order valence-electron chi connectivity index (χ0n) is 10.3. The number of benzene rings is 1. The molecule has 1 amide bonds. The SMILES string of the molecule is N#Cc1ccc(NC(=O)c2ccnc(N)c2)cc1C#N. The number of anilines is 2. The molecule has 0 radical (unpaired) electrons. The van der Waals surface area contributed by atoms with Crippen LogP contribution in [0.15, 0.2) is 36.5 Å². The highest BCUT2D eigenvalue weighted by atomic mass is 16.1. The van der Waals surface area contributed by atoms with E-state index in [1.165, 1.54) is 30.5 Å². The van der Waals surface area contributed by atoms with Crippen molar-refractivity contribution in [3.05, 3.63) is 53.2 Å². The topological polar surface area (TPSA) is 116 Å². The van der Waals surface area contributed by atoms with Crippen LogP contribution in [0.4, 0.5) is 11.5 Å². The molecule has 1 aromatic carbocycles. The fraction of sp³-hybridized carbons (Fsp3) is 0. The smallest absolute Gasteiger partial charge is 0.255 e. The van der Waals surface area contributed by atoms with Crippen LogP contribution in [0, 0.1) is 22.7 Å². The second-order valence-electron chi connectivity index (χ2n) is 3.91. The van der Waals surface area contributed by atoms with Gasteiger partial charge in [0.15, 0.2) is 0 Å². The number of carbonyl (C=O) groups excluding carboxylic acids is 1. The van der Waals surface area contributed by atoms with Crippen LogP contribution in [0.3, 0.4) is 0 Å². The summed E-state index contributed by atoms with van der Waals surface area (Å²) in [6.45, 7) is 0. The summed E-state index contributed by atoms with van der Waals surface area (Å²) in [5, 5.41) is 20.4. The lowest BCUT2D eigenvalue weighted by atomic mass is 10.1. The van der Waals surface area contributed by atoms with Crippen LogP contribution in [0.1, 0.15) is 21.5 Å². The van der Waals surface area contributed by atoms with Gasteiger partial charge in [-0.1, -0.05) is 0 Å². The van der Waals surface area contributed by atoms with Gasteiger partial charge in [-0.2, -0.15) is 10.5 Å². The van der Waals surface area contributed by atoms with Gasteiger partial charge in [0.05, 0.1) is 11.1 Å². The molecule has 1 heterocycles.